The van der Waals surface area contributed by atoms with Crippen molar-refractivity contribution in [3.8, 4) is 11.4 Å². The Balaban J connectivity index is 2.42. The van der Waals surface area contributed by atoms with Gasteiger partial charge in [-0.15, -0.1) is 0 Å². The Hall–Kier alpha value is -2.37. The fourth-order valence-corrected chi connectivity index (χ4v) is 1.71. The van der Waals surface area contributed by atoms with Crippen LogP contribution in [0.4, 0.5) is 4.39 Å². The Morgan fingerprint density at radius 3 is 2.89 bits per heavy atom. The number of esters is 1. The SMILES string of the molecule is CCOC(=O)c1nn(-c2ccc(F)cc2C)cc1O. The number of hydrogen-bond acceptors (Lipinski definition) is 4. The molecular formula is C13H13FN2O3. The lowest BCUT2D eigenvalue weighted by molar-refractivity contribution is 0.0515. The maximum atomic E-state index is 13.0. The average molecular weight is 264 g/mol. The molecule has 1 N–H and O–H groups in total. The van der Waals surface area contributed by atoms with Gasteiger partial charge in [-0.25, -0.2) is 13.9 Å². The van der Waals surface area contributed by atoms with Crippen LogP contribution in [-0.4, -0.2) is 27.5 Å². The summed E-state index contributed by atoms with van der Waals surface area (Å²) in [5.74, 6) is -1.33. The Morgan fingerprint density at radius 2 is 2.26 bits per heavy atom. The molecule has 0 fully saturated rings. The van der Waals surface area contributed by atoms with Gasteiger partial charge in [0.05, 0.1) is 18.5 Å². The minimum absolute atomic E-state index is 0.162. The highest BCUT2D eigenvalue weighted by atomic mass is 19.1. The summed E-state index contributed by atoms with van der Waals surface area (Å²) in [6.07, 6.45) is 1.28. The zero-order chi connectivity index (χ0) is 14.0. The quantitative estimate of drug-likeness (QED) is 0.863. The van der Waals surface area contributed by atoms with Gasteiger partial charge in [0.1, 0.15) is 5.82 Å². The van der Waals surface area contributed by atoms with Crippen molar-refractivity contribution in [2.45, 2.75) is 13.8 Å². The summed E-state index contributed by atoms with van der Waals surface area (Å²) in [4.78, 5) is 11.5. The van der Waals surface area contributed by atoms with E-state index in [9.17, 15) is 14.3 Å². The van der Waals surface area contributed by atoms with Crippen LogP contribution in [0, 0.1) is 12.7 Å². The number of carbonyl (C=O) groups is 1. The molecule has 0 saturated carbocycles. The van der Waals surface area contributed by atoms with Gasteiger partial charge in [-0.2, -0.15) is 5.10 Å². The van der Waals surface area contributed by atoms with Gasteiger partial charge in [0, 0.05) is 0 Å². The Morgan fingerprint density at radius 1 is 1.53 bits per heavy atom. The van der Waals surface area contributed by atoms with Crippen molar-refractivity contribution in [3.05, 3.63) is 41.5 Å². The molecule has 0 aliphatic rings. The largest absolute Gasteiger partial charge is 0.504 e. The number of aryl methyl sites for hydroxylation is 1. The predicted octanol–water partition coefficient (Wildman–Crippen LogP) is 2.20. The van der Waals surface area contributed by atoms with Crippen LogP contribution in [0.3, 0.4) is 0 Å². The summed E-state index contributed by atoms with van der Waals surface area (Å²) in [6.45, 7) is 3.57. The standard InChI is InChI=1S/C13H13FN2O3/c1-3-19-13(18)12-11(17)7-16(15-12)10-5-4-9(14)6-8(10)2/h4-7,17H,3H2,1-2H3. The molecule has 19 heavy (non-hydrogen) atoms. The number of aromatic nitrogens is 2. The topological polar surface area (TPSA) is 64.3 Å². The third kappa shape index (κ3) is 2.57. The van der Waals surface area contributed by atoms with Gasteiger partial charge in [0.15, 0.2) is 5.75 Å². The lowest BCUT2D eigenvalue weighted by atomic mass is 10.2. The highest BCUT2D eigenvalue weighted by molar-refractivity contribution is 5.90. The molecule has 0 aliphatic heterocycles. The molecule has 100 valence electrons. The fourth-order valence-electron chi connectivity index (χ4n) is 1.71. The van der Waals surface area contributed by atoms with Crippen molar-refractivity contribution in [2.24, 2.45) is 0 Å². The van der Waals surface area contributed by atoms with Gasteiger partial charge >= 0.3 is 5.97 Å². The molecule has 0 unspecified atom stereocenters. The van der Waals surface area contributed by atoms with Crippen LogP contribution in [-0.2, 0) is 4.74 Å². The van der Waals surface area contributed by atoms with Crippen LogP contribution in [0.15, 0.2) is 24.4 Å². The minimum Gasteiger partial charge on any atom is -0.504 e. The number of halogens is 1. The first-order valence-corrected chi connectivity index (χ1v) is 5.75. The van der Waals surface area contributed by atoms with Crippen molar-refractivity contribution in [2.75, 3.05) is 6.61 Å². The molecule has 2 rings (SSSR count). The maximum absolute atomic E-state index is 13.0. The van der Waals surface area contributed by atoms with Crippen LogP contribution in [0.2, 0.25) is 0 Å². The number of ether oxygens (including phenoxy) is 1. The van der Waals surface area contributed by atoms with Crippen molar-refractivity contribution < 1.29 is 19.0 Å². The van der Waals surface area contributed by atoms with Gasteiger partial charge in [-0.1, -0.05) is 0 Å². The van der Waals surface area contributed by atoms with E-state index in [4.69, 9.17) is 4.74 Å². The average Bonchev–Trinajstić information content (AvgIpc) is 2.71. The zero-order valence-electron chi connectivity index (χ0n) is 10.6. The highest BCUT2D eigenvalue weighted by Gasteiger charge is 2.18. The molecule has 0 saturated heterocycles. The van der Waals surface area contributed by atoms with Crippen LogP contribution in [0.5, 0.6) is 5.75 Å². The van der Waals surface area contributed by atoms with Crippen LogP contribution >= 0.6 is 0 Å². The van der Waals surface area contributed by atoms with E-state index in [-0.39, 0.29) is 23.9 Å². The summed E-state index contributed by atoms with van der Waals surface area (Å²) in [6, 6.07) is 4.15. The first kappa shape index (κ1) is 13.1. The first-order valence-electron chi connectivity index (χ1n) is 5.75. The van der Waals surface area contributed by atoms with Crippen LogP contribution < -0.4 is 0 Å². The first-order chi connectivity index (χ1) is 9.02. The molecule has 6 heteroatoms. The summed E-state index contributed by atoms with van der Waals surface area (Å²) in [7, 11) is 0. The van der Waals surface area contributed by atoms with E-state index in [0.717, 1.165) is 0 Å². The summed E-state index contributed by atoms with van der Waals surface area (Å²) in [5.41, 5.74) is 1.05. The molecule has 0 spiro atoms. The predicted molar refractivity (Wildman–Crippen MR) is 65.9 cm³/mol. The molecule has 1 aromatic heterocycles. The van der Waals surface area contributed by atoms with Crippen LogP contribution in [0.1, 0.15) is 23.0 Å². The second kappa shape index (κ2) is 5.09. The molecule has 0 amide bonds. The molecule has 0 atom stereocenters. The van der Waals surface area contributed by atoms with E-state index in [0.29, 0.717) is 11.3 Å². The second-order valence-electron chi connectivity index (χ2n) is 3.96. The molecule has 0 bridgehead atoms. The van der Waals surface area contributed by atoms with E-state index in [1.54, 1.807) is 13.8 Å². The molecular weight excluding hydrogens is 251 g/mol. The van der Waals surface area contributed by atoms with Crippen molar-refractivity contribution >= 4 is 5.97 Å². The molecule has 1 aromatic carbocycles. The van der Waals surface area contributed by atoms with E-state index >= 15 is 0 Å². The number of hydrogen-bond donors (Lipinski definition) is 1. The molecule has 2 aromatic rings. The molecule has 0 aliphatic carbocycles. The summed E-state index contributed by atoms with van der Waals surface area (Å²) >= 11 is 0. The number of aromatic hydroxyl groups is 1. The Bertz CT molecular complexity index is 622. The third-order valence-electron chi connectivity index (χ3n) is 2.57. The van der Waals surface area contributed by atoms with E-state index in [1.807, 2.05) is 0 Å². The van der Waals surface area contributed by atoms with Crippen molar-refractivity contribution in [3.63, 3.8) is 0 Å². The Labute approximate surface area is 109 Å². The smallest absolute Gasteiger partial charge is 0.362 e. The fraction of sp³-hybridized carbons (Fsp3) is 0.231. The van der Waals surface area contributed by atoms with Gasteiger partial charge in [-0.05, 0) is 37.6 Å². The highest BCUT2D eigenvalue weighted by Crippen LogP contribution is 2.21. The minimum atomic E-state index is -0.696. The third-order valence-corrected chi connectivity index (χ3v) is 2.57. The second-order valence-corrected chi connectivity index (χ2v) is 3.96. The lowest BCUT2D eigenvalue weighted by Gasteiger charge is -2.05. The molecule has 0 radical (unpaired) electrons. The van der Waals surface area contributed by atoms with Gasteiger partial charge in [0.25, 0.3) is 0 Å². The number of nitrogens with zero attached hydrogens (tertiary/aromatic N) is 2. The van der Waals surface area contributed by atoms with E-state index in [2.05, 4.69) is 5.10 Å². The normalized spacial score (nSPS) is 10.5. The summed E-state index contributed by atoms with van der Waals surface area (Å²) < 4.78 is 19.1. The lowest BCUT2D eigenvalue weighted by Crippen LogP contribution is -2.07. The van der Waals surface area contributed by atoms with Gasteiger partial charge < -0.3 is 9.84 Å². The number of carbonyl (C=O) groups excluding carboxylic acids is 1. The maximum Gasteiger partial charge on any atom is 0.362 e. The van der Waals surface area contributed by atoms with Gasteiger partial charge in [-0.3, -0.25) is 0 Å². The summed E-state index contributed by atoms with van der Waals surface area (Å²) in [5, 5.41) is 13.6. The molecule has 1 heterocycles. The van der Waals surface area contributed by atoms with Crippen molar-refractivity contribution in [1.82, 2.24) is 9.78 Å². The van der Waals surface area contributed by atoms with Gasteiger partial charge in [0.2, 0.25) is 5.69 Å². The van der Waals surface area contributed by atoms with Crippen molar-refractivity contribution in [1.29, 1.82) is 0 Å². The van der Waals surface area contributed by atoms with Crippen LogP contribution in [0.25, 0.3) is 5.69 Å². The Kier molecular flexibility index (Phi) is 3.50. The zero-order valence-corrected chi connectivity index (χ0v) is 10.6. The number of rotatable bonds is 3. The molecule has 5 nitrogen and oxygen atoms in total. The number of benzene rings is 1. The monoisotopic (exact) mass is 264 g/mol. The van der Waals surface area contributed by atoms with E-state index < -0.39 is 5.97 Å². The van der Waals surface area contributed by atoms with E-state index in [1.165, 1.54) is 29.1 Å².